The van der Waals surface area contributed by atoms with Crippen LogP contribution in [-0.2, 0) is 11.3 Å². The Balaban J connectivity index is 1.20. The lowest BCUT2D eigenvalue weighted by Gasteiger charge is -2.39. The Labute approximate surface area is 201 Å². The van der Waals surface area contributed by atoms with E-state index in [1.807, 2.05) is 10.7 Å². The van der Waals surface area contributed by atoms with Gasteiger partial charge in [0.1, 0.15) is 11.9 Å². The Kier molecular flexibility index (Phi) is 5.49. The average Bonchev–Trinajstić information content (AvgIpc) is 3.34. The Morgan fingerprint density at radius 1 is 1.18 bits per heavy atom. The molecule has 1 saturated carbocycles. The van der Waals surface area contributed by atoms with Gasteiger partial charge in [0.25, 0.3) is 0 Å². The van der Waals surface area contributed by atoms with Crippen molar-refractivity contribution in [3.05, 3.63) is 52.7 Å². The molecule has 3 aliphatic rings. The van der Waals surface area contributed by atoms with Crippen molar-refractivity contribution in [1.82, 2.24) is 25.0 Å². The molecule has 0 radical (unpaired) electrons. The van der Waals surface area contributed by atoms with Crippen molar-refractivity contribution in [3.8, 4) is 5.88 Å². The number of aromatic nitrogens is 5. The second-order valence-electron chi connectivity index (χ2n) is 9.10. The number of ether oxygens (including phenoxy) is 2. The highest BCUT2D eigenvalue weighted by Gasteiger charge is 2.43. The molecule has 1 N–H and O–H groups in total. The molecule has 2 aromatic heterocycles. The van der Waals surface area contributed by atoms with E-state index < -0.39 is 11.9 Å². The summed E-state index contributed by atoms with van der Waals surface area (Å²) in [6.45, 7) is 2.92. The molecule has 4 atom stereocenters. The normalized spacial score (nSPS) is 25.8. The maximum atomic E-state index is 13.9. The van der Waals surface area contributed by atoms with Crippen LogP contribution < -0.4 is 15.0 Å². The fourth-order valence-corrected chi connectivity index (χ4v) is 5.74. The minimum absolute atomic E-state index is 0.292. The molecule has 178 valence electrons. The molecular formula is C23H25ClFN7O2. The first-order valence-electron chi connectivity index (χ1n) is 11.5. The summed E-state index contributed by atoms with van der Waals surface area (Å²) in [5.74, 6) is 2.31. The van der Waals surface area contributed by atoms with Gasteiger partial charge in [-0.05, 0) is 48.4 Å². The lowest BCUT2D eigenvalue weighted by Crippen LogP contribution is -2.48. The summed E-state index contributed by atoms with van der Waals surface area (Å²) in [4.78, 5) is 7.12. The molecule has 6 rings (SSSR count). The van der Waals surface area contributed by atoms with Crippen LogP contribution in [0.3, 0.4) is 0 Å². The van der Waals surface area contributed by atoms with Crippen LogP contribution in [0.5, 0.6) is 5.88 Å². The molecule has 1 aromatic carbocycles. The Bertz CT molecular complexity index is 1170. The van der Waals surface area contributed by atoms with Crippen molar-refractivity contribution in [2.24, 2.45) is 11.8 Å². The number of piperidine rings is 1. The van der Waals surface area contributed by atoms with Crippen LogP contribution in [0.25, 0.3) is 0 Å². The van der Waals surface area contributed by atoms with Gasteiger partial charge in [-0.2, -0.15) is 10.1 Å². The van der Waals surface area contributed by atoms with Gasteiger partial charge in [0.15, 0.2) is 5.82 Å². The van der Waals surface area contributed by atoms with E-state index in [1.54, 1.807) is 19.4 Å². The van der Waals surface area contributed by atoms with Crippen LogP contribution in [0, 0.1) is 17.7 Å². The largest absolute Gasteiger partial charge is 0.480 e. The quantitative estimate of drug-likeness (QED) is 0.588. The van der Waals surface area contributed by atoms with Gasteiger partial charge < -0.3 is 19.7 Å². The Morgan fingerprint density at radius 3 is 2.76 bits per heavy atom. The molecule has 0 unspecified atom stereocenters. The molecule has 1 aliphatic carbocycles. The number of fused-ring (bicyclic) bond motifs is 3. The zero-order chi connectivity index (χ0) is 23.2. The van der Waals surface area contributed by atoms with Crippen molar-refractivity contribution in [2.45, 2.75) is 31.5 Å². The third-order valence-electron chi connectivity index (χ3n) is 7.03. The van der Waals surface area contributed by atoms with Crippen LogP contribution in [0.1, 0.15) is 30.3 Å². The molecular weight excluding hydrogens is 461 g/mol. The second-order valence-corrected chi connectivity index (χ2v) is 9.54. The van der Waals surface area contributed by atoms with E-state index in [0.717, 1.165) is 31.6 Å². The van der Waals surface area contributed by atoms with Crippen LogP contribution >= 0.6 is 11.6 Å². The monoisotopic (exact) mass is 485 g/mol. The number of nitrogens with zero attached hydrogens (tertiary/aromatic N) is 6. The third kappa shape index (κ3) is 3.94. The SMILES string of the molecule is COc1cc(N2C[C@H]3CC[C@@H](C2)[C@@H]3Nc2nc3n(n2)CCO[C@@H]3c2cc(F)cc(Cl)c2)cnn1. The molecule has 2 fully saturated rings. The summed E-state index contributed by atoms with van der Waals surface area (Å²) in [5.41, 5.74) is 1.67. The number of anilines is 2. The smallest absolute Gasteiger partial charge is 0.242 e. The molecule has 9 nitrogen and oxygen atoms in total. The van der Waals surface area contributed by atoms with Crippen LogP contribution in [0.15, 0.2) is 30.5 Å². The predicted molar refractivity (Wildman–Crippen MR) is 124 cm³/mol. The number of benzene rings is 1. The maximum Gasteiger partial charge on any atom is 0.242 e. The molecule has 2 bridgehead atoms. The first kappa shape index (κ1) is 21.5. The van der Waals surface area contributed by atoms with E-state index in [9.17, 15) is 4.39 Å². The number of methoxy groups -OCH3 is 1. The second kappa shape index (κ2) is 8.66. The number of nitrogens with one attached hydrogen (secondary N) is 1. The zero-order valence-corrected chi connectivity index (χ0v) is 19.5. The van der Waals surface area contributed by atoms with Crippen molar-refractivity contribution in [2.75, 3.05) is 37.0 Å². The molecule has 4 heterocycles. The highest BCUT2D eigenvalue weighted by molar-refractivity contribution is 6.30. The maximum absolute atomic E-state index is 13.9. The number of hydrogen-bond donors (Lipinski definition) is 1. The van der Waals surface area contributed by atoms with Crippen LogP contribution in [0.2, 0.25) is 5.02 Å². The third-order valence-corrected chi connectivity index (χ3v) is 7.25. The summed E-state index contributed by atoms with van der Waals surface area (Å²) < 4.78 is 27.0. The number of hydrogen-bond acceptors (Lipinski definition) is 8. The number of halogens is 2. The topological polar surface area (TPSA) is 90.2 Å². The molecule has 1 saturated heterocycles. The van der Waals surface area contributed by atoms with Crippen molar-refractivity contribution < 1.29 is 13.9 Å². The van der Waals surface area contributed by atoms with E-state index in [1.165, 1.54) is 12.1 Å². The van der Waals surface area contributed by atoms with Gasteiger partial charge in [0.2, 0.25) is 11.8 Å². The summed E-state index contributed by atoms with van der Waals surface area (Å²) in [6, 6.07) is 6.66. The van der Waals surface area contributed by atoms with Gasteiger partial charge in [0, 0.05) is 30.2 Å². The first-order chi connectivity index (χ1) is 16.6. The summed E-state index contributed by atoms with van der Waals surface area (Å²) >= 11 is 6.07. The molecule has 0 amide bonds. The molecule has 2 aliphatic heterocycles. The fraction of sp³-hybridized carbons (Fsp3) is 0.478. The lowest BCUT2D eigenvalue weighted by atomic mass is 9.92. The van der Waals surface area contributed by atoms with Crippen molar-refractivity contribution in [1.29, 1.82) is 0 Å². The highest BCUT2D eigenvalue weighted by atomic mass is 35.5. The molecule has 34 heavy (non-hydrogen) atoms. The van der Waals surface area contributed by atoms with Gasteiger partial charge in [-0.1, -0.05) is 11.6 Å². The Morgan fingerprint density at radius 2 is 2.00 bits per heavy atom. The average molecular weight is 486 g/mol. The fourth-order valence-electron chi connectivity index (χ4n) is 5.51. The lowest BCUT2D eigenvalue weighted by molar-refractivity contribution is 0.0388. The van der Waals surface area contributed by atoms with E-state index >= 15 is 0 Å². The molecule has 0 spiro atoms. The van der Waals surface area contributed by atoms with Gasteiger partial charge >= 0.3 is 0 Å². The van der Waals surface area contributed by atoms with Gasteiger partial charge in [-0.3, -0.25) is 0 Å². The first-order valence-corrected chi connectivity index (χ1v) is 11.9. The van der Waals surface area contributed by atoms with Gasteiger partial charge in [-0.25, -0.2) is 9.07 Å². The van der Waals surface area contributed by atoms with Gasteiger partial charge in [0.05, 0.1) is 32.1 Å². The standard InChI is InChI=1S/C23H25ClFN7O2/c1-33-19-9-18(10-26-29-19)31-11-13-2-3-14(12-31)20(13)27-23-28-22-21(34-5-4-32(22)30-23)15-6-16(24)8-17(25)7-15/h6-10,13-14,20-21H,2-5,11-12H2,1H3,(H,27,30)/t13-,14+,20-,21-/m1/s1. The summed E-state index contributed by atoms with van der Waals surface area (Å²) in [7, 11) is 1.60. The minimum Gasteiger partial charge on any atom is -0.480 e. The Hall–Kier alpha value is -2.98. The number of rotatable bonds is 5. The van der Waals surface area contributed by atoms with E-state index in [0.29, 0.717) is 59.3 Å². The van der Waals surface area contributed by atoms with Crippen molar-refractivity contribution in [3.63, 3.8) is 0 Å². The van der Waals surface area contributed by atoms with E-state index in [-0.39, 0.29) is 0 Å². The van der Waals surface area contributed by atoms with E-state index in [4.69, 9.17) is 31.2 Å². The molecule has 3 aromatic rings. The highest BCUT2D eigenvalue weighted by Crippen LogP contribution is 2.40. The predicted octanol–water partition coefficient (Wildman–Crippen LogP) is 3.32. The van der Waals surface area contributed by atoms with Crippen LogP contribution in [-0.4, -0.2) is 57.8 Å². The minimum atomic E-state index is -0.502. The van der Waals surface area contributed by atoms with Crippen molar-refractivity contribution >= 4 is 23.2 Å². The van der Waals surface area contributed by atoms with Gasteiger partial charge in [-0.15, -0.1) is 10.2 Å². The van der Waals surface area contributed by atoms with E-state index in [2.05, 4.69) is 20.4 Å². The summed E-state index contributed by atoms with van der Waals surface area (Å²) in [6.07, 6.45) is 3.59. The van der Waals surface area contributed by atoms with Crippen LogP contribution in [0.4, 0.5) is 16.0 Å². The summed E-state index contributed by atoms with van der Waals surface area (Å²) in [5, 5.41) is 16.7. The zero-order valence-electron chi connectivity index (χ0n) is 18.7. The molecule has 11 heteroatoms.